The lowest BCUT2D eigenvalue weighted by atomic mass is 10.0. The lowest BCUT2D eigenvalue weighted by Gasteiger charge is -2.25. The van der Waals surface area contributed by atoms with Crippen molar-refractivity contribution in [2.24, 2.45) is 0 Å². The number of nitrogens with zero attached hydrogens (tertiary/aromatic N) is 3. The highest BCUT2D eigenvalue weighted by atomic mass is 15.1. The largest absolute Gasteiger partial charge is 0.310 e. The average molecular weight is 564 g/mol. The van der Waals surface area contributed by atoms with E-state index in [1.807, 2.05) is 24.4 Å². The van der Waals surface area contributed by atoms with Crippen LogP contribution in [0.25, 0.3) is 49.9 Å². The lowest BCUT2D eigenvalue weighted by molar-refractivity contribution is 1.18. The van der Waals surface area contributed by atoms with Crippen LogP contribution in [0.15, 0.2) is 176 Å². The molecule has 0 aliphatic carbocycles. The van der Waals surface area contributed by atoms with Crippen molar-refractivity contribution in [1.29, 1.82) is 0 Å². The van der Waals surface area contributed by atoms with E-state index >= 15 is 0 Å². The molecule has 0 spiro atoms. The molecule has 0 bridgehead atoms. The summed E-state index contributed by atoms with van der Waals surface area (Å²) in [7, 11) is 0. The zero-order valence-electron chi connectivity index (χ0n) is 24.1. The summed E-state index contributed by atoms with van der Waals surface area (Å²) in [4.78, 5) is 6.80. The number of pyridine rings is 1. The second kappa shape index (κ2) is 11.0. The molecule has 2 heterocycles. The van der Waals surface area contributed by atoms with Crippen molar-refractivity contribution in [3.8, 4) is 28.1 Å². The van der Waals surface area contributed by atoms with Gasteiger partial charge in [0.15, 0.2) is 0 Å². The molecule has 2 aromatic heterocycles. The van der Waals surface area contributed by atoms with Crippen molar-refractivity contribution in [3.63, 3.8) is 0 Å². The van der Waals surface area contributed by atoms with Gasteiger partial charge in [0.05, 0.1) is 16.7 Å². The summed E-state index contributed by atoms with van der Waals surface area (Å²) >= 11 is 0. The van der Waals surface area contributed by atoms with Crippen LogP contribution in [0.1, 0.15) is 0 Å². The van der Waals surface area contributed by atoms with Gasteiger partial charge >= 0.3 is 0 Å². The van der Waals surface area contributed by atoms with Crippen molar-refractivity contribution in [1.82, 2.24) is 9.55 Å². The first-order valence-corrected chi connectivity index (χ1v) is 14.9. The standard InChI is InChI=1S/C41H29N3/c1-3-11-33(12-4-1)43(34-13-5-2-6-14-34)36-26-27-41-38(29-36)37-15-7-8-17-40(37)44(41)35-24-22-31(23-25-35)30-18-20-32(21-19-30)39-16-9-10-28-42-39/h1-29H. The topological polar surface area (TPSA) is 21.1 Å². The van der Waals surface area contributed by atoms with Gasteiger partial charge in [-0.1, -0.05) is 97.1 Å². The minimum Gasteiger partial charge on any atom is -0.310 e. The normalized spacial score (nSPS) is 11.2. The number of benzene rings is 6. The van der Waals surface area contributed by atoms with Crippen LogP contribution >= 0.6 is 0 Å². The Hall–Kier alpha value is -5.93. The third kappa shape index (κ3) is 4.61. The fraction of sp³-hybridized carbons (Fsp3) is 0. The number of fused-ring (bicyclic) bond motifs is 3. The molecule has 0 N–H and O–H groups in total. The molecule has 44 heavy (non-hydrogen) atoms. The third-order valence-corrected chi connectivity index (χ3v) is 8.25. The number of aromatic nitrogens is 2. The summed E-state index contributed by atoms with van der Waals surface area (Å²) in [6.45, 7) is 0. The van der Waals surface area contributed by atoms with Crippen LogP contribution in [0.4, 0.5) is 17.1 Å². The Bertz CT molecular complexity index is 2140. The quantitative estimate of drug-likeness (QED) is 0.201. The number of anilines is 3. The van der Waals surface area contributed by atoms with Gasteiger partial charge in [-0.05, 0) is 83.9 Å². The van der Waals surface area contributed by atoms with Crippen LogP contribution in [0.5, 0.6) is 0 Å². The minimum absolute atomic E-state index is 0.986. The SMILES string of the molecule is c1ccc(N(c2ccccc2)c2ccc3c(c2)c2ccccc2n3-c2ccc(-c3ccc(-c4ccccn4)cc3)cc2)cc1. The highest BCUT2D eigenvalue weighted by molar-refractivity contribution is 6.10. The second-order valence-electron chi connectivity index (χ2n) is 10.9. The summed E-state index contributed by atoms with van der Waals surface area (Å²) in [6, 6.07) is 60.2. The first-order chi connectivity index (χ1) is 21.8. The molecule has 8 rings (SSSR count). The summed E-state index contributed by atoms with van der Waals surface area (Å²) in [5, 5.41) is 2.46. The van der Waals surface area contributed by atoms with Gasteiger partial charge in [-0.3, -0.25) is 4.98 Å². The molecule has 0 saturated heterocycles. The number of hydrogen-bond acceptors (Lipinski definition) is 2. The second-order valence-corrected chi connectivity index (χ2v) is 10.9. The van der Waals surface area contributed by atoms with Crippen LogP contribution in [0.3, 0.4) is 0 Å². The van der Waals surface area contributed by atoms with Gasteiger partial charge in [0, 0.05) is 45.3 Å². The Labute approximate surface area is 256 Å². The fourth-order valence-corrected chi connectivity index (χ4v) is 6.15. The van der Waals surface area contributed by atoms with Crippen molar-refractivity contribution < 1.29 is 0 Å². The molecular weight excluding hydrogens is 534 g/mol. The zero-order chi connectivity index (χ0) is 29.3. The molecular formula is C41H29N3. The van der Waals surface area contributed by atoms with E-state index in [2.05, 4.69) is 166 Å². The summed E-state index contributed by atoms with van der Waals surface area (Å²) in [6.07, 6.45) is 1.83. The molecule has 3 heteroatoms. The first-order valence-electron chi connectivity index (χ1n) is 14.9. The van der Waals surface area contributed by atoms with Crippen molar-refractivity contribution >= 4 is 38.9 Å². The first kappa shape index (κ1) is 25.8. The van der Waals surface area contributed by atoms with Gasteiger partial charge in [-0.25, -0.2) is 0 Å². The molecule has 208 valence electrons. The highest BCUT2D eigenvalue weighted by Gasteiger charge is 2.17. The Morgan fingerprint density at radius 1 is 0.409 bits per heavy atom. The molecule has 0 radical (unpaired) electrons. The maximum Gasteiger partial charge on any atom is 0.0701 e. The van der Waals surface area contributed by atoms with E-state index in [4.69, 9.17) is 0 Å². The monoisotopic (exact) mass is 563 g/mol. The number of para-hydroxylation sites is 3. The number of rotatable bonds is 6. The van der Waals surface area contributed by atoms with Crippen LogP contribution < -0.4 is 4.90 Å². The maximum atomic E-state index is 4.48. The van der Waals surface area contributed by atoms with Gasteiger partial charge in [-0.2, -0.15) is 0 Å². The van der Waals surface area contributed by atoms with E-state index in [0.29, 0.717) is 0 Å². The molecule has 8 aromatic rings. The Morgan fingerprint density at radius 2 is 0.977 bits per heavy atom. The molecule has 0 amide bonds. The van der Waals surface area contributed by atoms with E-state index in [1.54, 1.807) is 0 Å². The van der Waals surface area contributed by atoms with Gasteiger partial charge < -0.3 is 9.47 Å². The van der Waals surface area contributed by atoms with E-state index in [-0.39, 0.29) is 0 Å². The summed E-state index contributed by atoms with van der Waals surface area (Å²) in [5.74, 6) is 0. The molecule has 0 atom stereocenters. The maximum absolute atomic E-state index is 4.48. The molecule has 0 aliphatic heterocycles. The predicted octanol–water partition coefficient (Wildman–Crippen LogP) is 11.0. The van der Waals surface area contributed by atoms with E-state index < -0.39 is 0 Å². The molecule has 0 aliphatic rings. The van der Waals surface area contributed by atoms with Crippen molar-refractivity contribution in [3.05, 3.63) is 176 Å². The van der Waals surface area contributed by atoms with Crippen LogP contribution in [0, 0.1) is 0 Å². The Kier molecular flexibility index (Phi) is 6.47. The smallest absolute Gasteiger partial charge is 0.0701 e. The van der Waals surface area contributed by atoms with Crippen molar-refractivity contribution in [2.45, 2.75) is 0 Å². The number of hydrogen-bond donors (Lipinski definition) is 0. The molecule has 3 nitrogen and oxygen atoms in total. The molecule has 6 aromatic carbocycles. The van der Waals surface area contributed by atoms with E-state index in [0.717, 1.165) is 34.0 Å². The van der Waals surface area contributed by atoms with Crippen LogP contribution in [-0.4, -0.2) is 9.55 Å². The zero-order valence-corrected chi connectivity index (χ0v) is 24.1. The van der Waals surface area contributed by atoms with Crippen LogP contribution in [0.2, 0.25) is 0 Å². The highest BCUT2D eigenvalue weighted by Crippen LogP contribution is 2.39. The lowest BCUT2D eigenvalue weighted by Crippen LogP contribution is -2.09. The Morgan fingerprint density at radius 3 is 1.64 bits per heavy atom. The van der Waals surface area contributed by atoms with Gasteiger partial charge in [0.2, 0.25) is 0 Å². The third-order valence-electron chi connectivity index (χ3n) is 8.25. The summed E-state index contributed by atoms with van der Waals surface area (Å²) < 4.78 is 2.37. The van der Waals surface area contributed by atoms with Gasteiger partial charge in [0.1, 0.15) is 0 Å². The Balaban J connectivity index is 1.20. The van der Waals surface area contributed by atoms with Crippen molar-refractivity contribution in [2.75, 3.05) is 4.90 Å². The van der Waals surface area contributed by atoms with E-state index in [9.17, 15) is 0 Å². The fourth-order valence-electron chi connectivity index (χ4n) is 6.15. The molecule has 0 fully saturated rings. The summed E-state index contributed by atoms with van der Waals surface area (Å²) in [5.41, 5.74) is 11.4. The minimum atomic E-state index is 0.986. The van der Waals surface area contributed by atoms with Gasteiger partial charge in [0.25, 0.3) is 0 Å². The molecule has 0 unspecified atom stereocenters. The van der Waals surface area contributed by atoms with E-state index in [1.165, 1.54) is 32.9 Å². The van der Waals surface area contributed by atoms with Gasteiger partial charge in [-0.15, -0.1) is 0 Å². The average Bonchev–Trinajstić information content (AvgIpc) is 3.44. The predicted molar refractivity (Wildman–Crippen MR) is 184 cm³/mol. The molecule has 0 saturated carbocycles. The van der Waals surface area contributed by atoms with Crippen LogP contribution in [-0.2, 0) is 0 Å².